The number of hydrogen-bond acceptors (Lipinski definition) is 2. The number of benzene rings is 2. The molecule has 0 unspecified atom stereocenters. The molecule has 0 aliphatic heterocycles. The summed E-state index contributed by atoms with van der Waals surface area (Å²) in [6.45, 7) is 0.438. The third kappa shape index (κ3) is 2.72. The second-order valence-corrected chi connectivity index (χ2v) is 5.16. The van der Waals surface area contributed by atoms with E-state index in [4.69, 9.17) is 27.9 Å². The Labute approximate surface area is 126 Å². The van der Waals surface area contributed by atoms with Crippen LogP contribution in [0.15, 0.2) is 54.7 Å². The van der Waals surface area contributed by atoms with Crippen molar-refractivity contribution in [1.82, 2.24) is 4.98 Å². The normalized spacial score (nSPS) is 10.7. The number of aromatic nitrogens is 1. The molecule has 4 heteroatoms. The highest BCUT2D eigenvalue weighted by atomic mass is 35.5. The molecule has 1 heterocycles. The number of rotatable bonds is 3. The van der Waals surface area contributed by atoms with Gasteiger partial charge < -0.3 is 4.74 Å². The maximum absolute atomic E-state index is 6.19. The van der Waals surface area contributed by atoms with Crippen LogP contribution in [0.3, 0.4) is 0 Å². The predicted octanol–water partition coefficient (Wildman–Crippen LogP) is 5.12. The van der Waals surface area contributed by atoms with Gasteiger partial charge in [0.2, 0.25) is 0 Å². The molecule has 0 aliphatic rings. The third-order valence-corrected chi connectivity index (χ3v) is 3.55. The Kier molecular flexibility index (Phi) is 3.77. The zero-order valence-corrected chi connectivity index (χ0v) is 12.0. The Morgan fingerprint density at radius 1 is 0.950 bits per heavy atom. The van der Waals surface area contributed by atoms with Gasteiger partial charge in [0.05, 0.1) is 0 Å². The fourth-order valence-corrected chi connectivity index (χ4v) is 2.48. The number of nitrogens with zero attached hydrogens (tertiary/aromatic N) is 1. The molecular weight excluding hydrogens is 293 g/mol. The molecule has 0 radical (unpaired) electrons. The lowest BCUT2D eigenvalue weighted by Gasteiger charge is -2.10. The number of ether oxygens (including phenoxy) is 1. The van der Waals surface area contributed by atoms with Gasteiger partial charge in [0, 0.05) is 22.0 Å². The van der Waals surface area contributed by atoms with E-state index < -0.39 is 0 Å². The maximum atomic E-state index is 6.19. The molecule has 0 bridgehead atoms. The lowest BCUT2D eigenvalue weighted by Crippen LogP contribution is -1.96. The summed E-state index contributed by atoms with van der Waals surface area (Å²) in [4.78, 5) is 3.95. The number of pyridine rings is 1. The zero-order chi connectivity index (χ0) is 13.9. The molecule has 1 aromatic heterocycles. The van der Waals surface area contributed by atoms with Gasteiger partial charge >= 0.3 is 0 Å². The molecule has 0 spiro atoms. The largest absolute Gasteiger partial charge is 0.488 e. The van der Waals surface area contributed by atoms with Crippen LogP contribution in [0.5, 0.6) is 5.75 Å². The van der Waals surface area contributed by atoms with Crippen molar-refractivity contribution in [3.8, 4) is 5.75 Å². The minimum atomic E-state index is 0.438. The fraction of sp³-hybridized carbons (Fsp3) is 0.0625. The average Bonchev–Trinajstić information content (AvgIpc) is 2.47. The van der Waals surface area contributed by atoms with Crippen LogP contribution in [0, 0.1) is 0 Å². The van der Waals surface area contributed by atoms with Gasteiger partial charge in [0.15, 0.2) is 0 Å². The van der Waals surface area contributed by atoms with Crippen LogP contribution in [0.2, 0.25) is 10.2 Å². The van der Waals surface area contributed by atoms with Crippen LogP contribution < -0.4 is 4.74 Å². The van der Waals surface area contributed by atoms with Gasteiger partial charge in [-0.15, -0.1) is 0 Å². The molecule has 0 amide bonds. The second kappa shape index (κ2) is 5.70. The monoisotopic (exact) mass is 303 g/mol. The van der Waals surface area contributed by atoms with E-state index in [1.165, 1.54) is 0 Å². The Balaban J connectivity index is 1.90. The molecule has 0 N–H and O–H groups in total. The van der Waals surface area contributed by atoms with Crippen molar-refractivity contribution in [3.05, 3.63) is 70.5 Å². The van der Waals surface area contributed by atoms with Crippen LogP contribution in [0.4, 0.5) is 0 Å². The molecule has 0 fully saturated rings. The highest BCUT2D eigenvalue weighted by Crippen LogP contribution is 2.31. The van der Waals surface area contributed by atoms with E-state index in [-0.39, 0.29) is 0 Å². The molecule has 0 saturated heterocycles. The fourth-order valence-electron chi connectivity index (χ4n) is 2.05. The minimum absolute atomic E-state index is 0.438. The van der Waals surface area contributed by atoms with E-state index in [1.54, 1.807) is 12.3 Å². The first kappa shape index (κ1) is 13.2. The Morgan fingerprint density at radius 3 is 2.55 bits per heavy atom. The van der Waals surface area contributed by atoms with Gasteiger partial charge in [-0.1, -0.05) is 47.5 Å². The first-order chi connectivity index (χ1) is 9.74. The van der Waals surface area contributed by atoms with Gasteiger partial charge in [-0.3, -0.25) is 0 Å². The summed E-state index contributed by atoms with van der Waals surface area (Å²) in [6, 6.07) is 15.3. The third-order valence-electron chi connectivity index (χ3n) is 3.02. The van der Waals surface area contributed by atoms with Crippen molar-refractivity contribution in [1.29, 1.82) is 0 Å². The quantitative estimate of drug-likeness (QED) is 0.626. The standard InChI is InChI=1S/C16H11Cl2NO/c17-14-5-6-15(13-4-2-1-3-12(13)14)20-10-11-7-8-19-16(18)9-11/h1-9H,10H2. The molecule has 2 nitrogen and oxygen atoms in total. The summed E-state index contributed by atoms with van der Waals surface area (Å²) in [5.41, 5.74) is 0.976. The Hall–Kier alpha value is -1.77. The summed E-state index contributed by atoms with van der Waals surface area (Å²) in [5, 5.41) is 3.17. The first-order valence-corrected chi connectivity index (χ1v) is 6.90. The molecular formula is C16H11Cl2NO. The molecule has 0 atom stereocenters. The summed E-state index contributed by atoms with van der Waals surface area (Å²) in [5.74, 6) is 0.804. The lowest BCUT2D eigenvalue weighted by atomic mass is 10.1. The Morgan fingerprint density at radius 2 is 1.75 bits per heavy atom. The van der Waals surface area contributed by atoms with Crippen LogP contribution in [-0.2, 0) is 6.61 Å². The highest BCUT2D eigenvalue weighted by molar-refractivity contribution is 6.35. The van der Waals surface area contributed by atoms with Crippen LogP contribution in [0.25, 0.3) is 10.8 Å². The first-order valence-electron chi connectivity index (χ1n) is 6.14. The summed E-state index contributed by atoms with van der Waals surface area (Å²) in [6.07, 6.45) is 1.67. The van der Waals surface area contributed by atoms with Crippen molar-refractivity contribution in [3.63, 3.8) is 0 Å². The van der Waals surface area contributed by atoms with Gasteiger partial charge in [-0.05, 0) is 29.8 Å². The van der Waals surface area contributed by atoms with Crippen molar-refractivity contribution in [2.24, 2.45) is 0 Å². The molecule has 0 aliphatic carbocycles. The van der Waals surface area contributed by atoms with Crippen molar-refractivity contribution in [2.75, 3.05) is 0 Å². The van der Waals surface area contributed by atoms with E-state index in [1.807, 2.05) is 42.5 Å². The van der Waals surface area contributed by atoms with E-state index >= 15 is 0 Å². The van der Waals surface area contributed by atoms with E-state index in [9.17, 15) is 0 Å². The maximum Gasteiger partial charge on any atom is 0.129 e. The summed E-state index contributed by atoms with van der Waals surface area (Å²) < 4.78 is 5.87. The van der Waals surface area contributed by atoms with Crippen LogP contribution in [-0.4, -0.2) is 4.98 Å². The van der Waals surface area contributed by atoms with E-state index in [0.717, 1.165) is 27.1 Å². The molecule has 100 valence electrons. The zero-order valence-electron chi connectivity index (χ0n) is 10.5. The minimum Gasteiger partial charge on any atom is -0.488 e. The SMILES string of the molecule is Clc1cc(COc2ccc(Cl)c3ccccc23)ccn1. The van der Waals surface area contributed by atoms with Crippen molar-refractivity contribution in [2.45, 2.75) is 6.61 Å². The van der Waals surface area contributed by atoms with Crippen molar-refractivity contribution < 1.29 is 4.74 Å². The Bertz CT molecular complexity index is 758. The van der Waals surface area contributed by atoms with Gasteiger partial charge in [0.25, 0.3) is 0 Å². The molecule has 0 saturated carbocycles. The van der Waals surface area contributed by atoms with Crippen LogP contribution in [0.1, 0.15) is 5.56 Å². The van der Waals surface area contributed by atoms with Crippen molar-refractivity contribution >= 4 is 34.0 Å². The van der Waals surface area contributed by atoms with Gasteiger partial charge in [0.1, 0.15) is 17.5 Å². The molecule has 3 rings (SSSR count). The molecule has 2 aromatic carbocycles. The van der Waals surface area contributed by atoms with Gasteiger partial charge in [-0.2, -0.15) is 0 Å². The summed E-state index contributed by atoms with van der Waals surface area (Å²) in [7, 11) is 0. The van der Waals surface area contributed by atoms with E-state index in [2.05, 4.69) is 4.98 Å². The highest BCUT2D eigenvalue weighted by Gasteiger charge is 2.05. The number of hydrogen-bond donors (Lipinski definition) is 0. The predicted molar refractivity (Wildman–Crippen MR) is 82.5 cm³/mol. The summed E-state index contributed by atoms with van der Waals surface area (Å²) >= 11 is 12.0. The topological polar surface area (TPSA) is 22.1 Å². The average molecular weight is 304 g/mol. The molecule has 3 aromatic rings. The lowest BCUT2D eigenvalue weighted by molar-refractivity contribution is 0.310. The molecule has 20 heavy (non-hydrogen) atoms. The number of fused-ring (bicyclic) bond motifs is 1. The van der Waals surface area contributed by atoms with Gasteiger partial charge in [-0.25, -0.2) is 4.98 Å². The second-order valence-electron chi connectivity index (χ2n) is 4.37. The van der Waals surface area contributed by atoms with Crippen LogP contribution >= 0.6 is 23.2 Å². The smallest absolute Gasteiger partial charge is 0.129 e. The van der Waals surface area contributed by atoms with E-state index in [0.29, 0.717) is 11.8 Å². The number of halogens is 2.